The van der Waals surface area contributed by atoms with Gasteiger partial charge >= 0.3 is 0 Å². The van der Waals surface area contributed by atoms with Gasteiger partial charge in [0.1, 0.15) is 0 Å². The molecule has 0 fully saturated rings. The molecule has 0 heterocycles. The minimum Gasteiger partial charge on any atom is -0.0620 e. The summed E-state index contributed by atoms with van der Waals surface area (Å²) in [6.45, 7) is 16.8. The van der Waals surface area contributed by atoms with Crippen LogP contribution in [0.1, 0.15) is 71.9 Å². The fraction of sp³-hybridized carbons (Fsp3) is 0.667. The Bertz CT molecular complexity index is 443. The molecule has 2 rings (SSSR count). The van der Waals surface area contributed by atoms with Gasteiger partial charge in [-0.15, -0.1) is 0 Å². The summed E-state index contributed by atoms with van der Waals surface area (Å²) in [5.41, 5.74) is 4.12. The Hall–Kier alpha value is -0.780. The van der Waals surface area contributed by atoms with Crippen LogP contribution in [-0.2, 0) is 5.41 Å². The predicted octanol–water partition coefficient (Wildman–Crippen LogP) is 5.52. The first-order valence-corrected chi connectivity index (χ1v) is 7.17. The Morgan fingerprint density at radius 2 is 1.56 bits per heavy atom. The van der Waals surface area contributed by atoms with E-state index in [-0.39, 0.29) is 5.41 Å². The normalized spacial score (nSPS) is 24.9. The fourth-order valence-electron chi connectivity index (χ4n) is 3.52. The SMILES string of the molecule is CC(C)(C)CC1c2ccccc2C(C)(C)C1(C)C. The average Bonchev–Trinajstić information content (AvgIpc) is 2.36. The molecule has 1 unspecified atom stereocenters. The van der Waals surface area contributed by atoms with Crippen LogP contribution < -0.4 is 0 Å². The van der Waals surface area contributed by atoms with Gasteiger partial charge in [-0.2, -0.15) is 0 Å². The van der Waals surface area contributed by atoms with Gasteiger partial charge in [-0.3, -0.25) is 0 Å². The molecule has 0 spiro atoms. The van der Waals surface area contributed by atoms with E-state index in [0.717, 1.165) is 0 Å². The highest BCUT2D eigenvalue weighted by Gasteiger charge is 2.52. The van der Waals surface area contributed by atoms with Gasteiger partial charge in [0.05, 0.1) is 0 Å². The molecular formula is C18H28. The van der Waals surface area contributed by atoms with Gasteiger partial charge in [0.25, 0.3) is 0 Å². The summed E-state index contributed by atoms with van der Waals surface area (Å²) in [7, 11) is 0. The second kappa shape index (κ2) is 3.85. The first-order valence-electron chi connectivity index (χ1n) is 7.17. The summed E-state index contributed by atoms with van der Waals surface area (Å²) in [5, 5.41) is 0. The monoisotopic (exact) mass is 244 g/mol. The third kappa shape index (κ3) is 1.90. The van der Waals surface area contributed by atoms with E-state index in [2.05, 4.69) is 72.7 Å². The van der Waals surface area contributed by atoms with Gasteiger partial charge < -0.3 is 0 Å². The number of hydrogen-bond acceptors (Lipinski definition) is 0. The van der Waals surface area contributed by atoms with Crippen LogP contribution in [0.25, 0.3) is 0 Å². The molecule has 1 atom stereocenters. The van der Waals surface area contributed by atoms with Crippen LogP contribution in [0.5, 0.6) is 0 Å². The van der Waals surface area contributed by atoms with E-state index < -0.39 is 0 Å². The smallest absolute Gasteiger partial charge is 0.00438 e. The average molecular weight is 244 g/mol. The molecule has 1 aliphatic carbocycles. The number of fused-ring (bicyclic) bond motifs is 1. The van der Waals surface area contributed by atoms with Crippen LogP contribution in [-0.4, -0.2) is 0 Å². The Labute approximate surface area is 113 Å². The Kier molecular flexibility index (Phi) is 2.92. The predicted molar refractivity (Wildman–Crippen MR) is 80.1 cm³/mol. The van der Waals surface area contributed by atoms with Crippen LogP contribution in [0.3, 0.4) is 0 Å². The van der Waals surface area contributed by atoms with Gasteiger partial charge in [-0.25, -0.2) is 0 Å². The molecule has 1 aromatic carbocycles. The van der Waals surface area contributed by atoms with Crippen molar-refractivity contribution in [3.63, 3.8) is 0 Å². The molecule has 0 aromatic heterocycles. The maximum Gasteiger partial charge on any atom is -0.00438 e. The molecule has 0 N–H and O–H groups in total. The maximum absolute atomic E-state index is 2.45. The van der Waals surface area contributed by atoms with E-state index >= 15 is 0 Å². The number of hydrogen-bond donors (Lipinski definition) is 0. The zero-order valence-electron chi connectivity index (χ0n) is 13.1. The van der Waals surface area contributed by atoms with Gasteiger partial charge in [0.2, 0.25) is 0 Å². The van der Waals surface area contributed by atoms with Crippen LogP contribution >= 0.6 is 0 Å². The Balaban J connectivity index is 2.54. The maximum atomic E-state index is 2.45. The summed E-state index contributed by atoms with van der Waals surface area (Å²) in [5.74, 6) is 0.670. The molecule has 0 aliphatic heterocycles. The van der Waals surface area contributed by atoms with E-state index in [0.29, 0.717) is 16.7 Å². The summed E-state index contributed by atoms with van der Waals surface area (Å²) in [6, 6.07) is 9.07. The largest absolute Gasteiger partial charge is 0.0620 e. The molecule has 18 heavy (non-hydrogen) atoms. The quantitative estimate of drug-likeness (QED) is 0.610. The van der Waals surface area contributed by atoms with Crippen molar-refractivity contribution >= 4 is 0 Å². The molecule has 0 nitrogen and oxygen atoms in total. The highest BCUT2D eigenvalue weighted by atomic mass is 14.6. The lowest BCUT2D eigenvalue weighted by molar-refractivity contribution is 0.147. The van der Waals surface area contributed by atoms with E-state index in [1.54, 1.807) is 11.1 Å². The van der Waals surface area contributed by atoms with Crippen molar-refractivity contribution in [3.05, 3.63) is 35.4 Å². The number of rotatable bonds is 1. The summed E-state index contributed by atoms with van der Waals surface area (Å²) in [6.07, 6.45) is 1.26. The van der Waals surface area contributed by atoms with Crippen LogP contribution in [0.4, 0.5) is 0 Å². The van der Waals surface area contributed by atoms with E-state index in [9.17, 15) is 0 Å². The minimum absolute atomic E-state index is 0.263. The molecule has 100 valence electrons. The van der Waals surface area contributed by atoms with Gasteiger partial charge in [-0.1, -0.05) is 72.7 Å². The standard InChI is InChI=1S/C18H28/c1-16(2,3)12-15-13-10-8-9-11-14(13)17(4,5)18(15,6)7/h8-11,15H,12H2,1-7H3. The second-order valence-electron chi connectivity index (χ2n) is 8.25. The molecule has 0 bridgehead atoms. The molecule has 1 aromatic rings. The van der Waals surface area contributed by atoms with Crippen molar-refractivity contribution in [2.24, 2.45) is 10.8 Å². The first kappa shape index (κ1) is 13.6. The van der Waals surface area contributed by atoms with Crippen molar-refractivity contribution in [3.8, 4) is 0 Å². The highest BCUT2D eigenvalue weighted by Crippen LogP contribution is 2.60. The third-order valence-electron chi connectivity index (χ3n) is 5.31. The van der Waals surface area contributed by atoms with Crippen molar-refractivity contribution in [1.82, 2.24) is 0 Å². The van der Waals surface area contributed by atoms with E-state index in [1.807, 2.05) is 0 Å². The molecule has 0 saturated carbocycles. The number of benzene rings is 1. The van der Waals surface area contributed by atoms with Crippen molar-refractivity contribution in [2.45, 2.75) is 66.2 Å². The van der Waals surface area contributed by atoms with Crippen LogP contribution in [0.2, 0.25) is 0 Å². The van der Waals surface area contributed by atoms with Crippen molar-refractivity contribution in [1.29, 1.82) is 0 Å². The zero-order valence-corrected chi connectivity index (χ0v) is 13.1. The van der Waals surface area contributed by atoms with Crippen molar-refractivity contribution < 1.29 is 0 Å². The minimum atomic E-state index is 0.263. The lowest BCUT2D eigenvalue weighted by Gasteiger charge is -2.41. The van der Waals surface area contributed by atoms with Gasteiger partial charge in [0, 0.05) is 0 Å². The topological polar surface area (TPSA) is 0 Å². The summed E-state index contributed by atoms with van der Waals surface area (Å²) < 4.78 is 0. The zero-order chi connectivity index (χ0) is 13.8. The summed E-state index contributed by atoms with van der Waals surface area (Å²) in [4.78, 5) is 0. The molecule has 1 aliphatic rings. The van der Waals surface area contributed by atoms with E-state index in [1.165, 1.54) is 6.42 Å². The third-order valence-corrected chi connectivity index (χ3v) is 5.31. The van der Waals surface area contributed by atoms with Gasteiger partial charge in [0.15, 0.2) is 0 Å². The Morgan fingerprint density at radius 1 is 1.00 bits per heavy atom. The van der Waals surface area contributed by atoms with E-state index in [4.69, 9.17) is 0 Å². The Morgan fingerprint density at radius 3 is 2.11 bits per heavy atom. The molecule has 0 saturated heterocycles. The second-order valence-corrected chi connectivity index (χ2v) is 8.25. The summed E-state index contributed by atoms with van der Waals surface area (Å²) >= 11 is 0. The lowest BCUT2D eigenvalue weighted by Crippen LogP contribution is -2.35. The molecular weight excluding hydrogens is 216 g/mol. The fourth-order valence-corrected chi connectivity index (χ4v) is 3.52. The molecule has 0 amide bonds. The molecule has 0 radical (unpaired) electrons. The van der Waals surface area contributed by atoms with Gasteiger partial charge in [-0.05, 0) is 39.7 Å². The lowest BCUT2D eigenvalue weighted by atomic mass is 9.62. The molecule has 0 heteroatoms. The van der Waals surface area contributed by atoms with Crippen LogP contribution in [0, 0.1) is 10.8 Å². The first-order chi connectivity index (χ1) is 8.07. The van der Waals surface area contributed by atoms with Crippen LogP contribution in [0.15, 0.2) is 24.3 Å². The van der Waals surface area contributed by atoms with Crippen molar-refractivity contribution in [2.75, 3.05) is 0 Å². The highest BCUT2D eigenvalue weighted by molar-refractivity contribution is 5.45.